The zero-order chi connectivity index (χ0) is 20.5. The fourth-order valence-corrected chi connectivity index (χ4v) is 4.56. The van der Waals surface area contributed by atoms with E-state index < -0.39 is 0 Å². The maximum atomic E-state index is 13.0. The molecule has 29 heavy (non-hydrogen) atoms. The Morgan fingerprint density at radius 2 is 1.93 bits per heavy atom. The molecular formula is C24H30N4O. The minimum Gasteiger partial charge on any atom is -0.349 e. The van der Waals surface area contributed by atoms with Crippen molar-refractivity contribution in [1.29, 1.82) is 0 Å². The van der Waals surface area contributed by atoms with Gasteiger partial charge in [-0.15, -0.1) is 0 Å². The van der Waals surface area contributed by atoms with E-state index in [2.05, 4.69) is 55.5 Å². The lowest BCUT2D eigenvalue weighted by Gasteiger charge is -2.34. The van der Waals surface area contributed by atoms with Gasteiger partial charge in [-0.05, 0) is 43.2 Å². The molecule has 3 unspecified atom stereocenters. The predicted octanol–water partition coefficient (Wildman–Crippen LogP) is 4.49. The number of carbonyl (C=O) groups excluding carboxylic acids is 1. The molecule has 1 amide bonds. The Morgan fingerprint density at radius 1 is 1.17 bits per heavy atom. The summed E-state index contributed by atoms with van der Waals surface area (Å²) in [6.07, 6.45) is 5.93. The van der Waals surface area contributed by atoms with Crippen LogP contribution in [0.3, 0.4) is 0 Å². The van der Waals surface area contributed by atoms with Gasteiger partial charge in [-0.2, -0.15) is 5.10 Å². The third-order valence-electron chi connectivity index (χ3n) is 6.70. The van der Waals surface area contributed by atoms with Crippen molar-refractivity contribution in [3.05, 3.63) is 64.6 Å². The van der Waals surface area contributed by atoms with E-state index >= 15 is 0 Å². The Labute approximate surface area is 172 Å². The zero-order valence-corrected chi connectivity index (χ0v) is 17.8. The molecule has 1 aromatic carbocycles. The molecular weight excluding hydrogens is 360 g/mol. The molecule has 0 spiro atoms. The average molecular weight is 391 g/mol. The molecule has 4 rings (SSSR count). The molecule has 3 aromatic rings. The Balaban J connectivity index is 1.63. The third kappa shape index (κ3) is 3.78. The van der Waals surface area contributed by atoms with Crippen LogP contribution in [0.5, 0.6) is 0 Å². The lowest BCUT2D eigenvalue weighted by molar-refractivity contribution is 0.0892. The first-order valence-corrected chi connectivity index (χ1v) is 10.6. The number of nitrogens with one attached hydrogen (secondary N) is 1. The summed E-state index contributed by atoms with van der Waals surface area (Å²) in [5, 5.41) is 7.76. The van der Waals surface area contributed by atoms with E-state index in [9.17, 15) is 4.79 Å². The monoisotopic (exact) mass is 390 g/mol. The highest BCUT2D eigenvalue weighted by molar-refractivity contribution is 5.99. The highest BCUT2D eigenvalue weighted by Crippen LogP contribution is 2.30. The zero-order valence-electron chi connectivity index (χ0n) is 17.8. The van der Waals surface area contributed by atoms with Crippen molar-refractivity contribution in [1.82, 2.24) is 19.9 Å². The molecule has 2 heterocycles. The minimum absolute atomic E-state index is 0.0620. The van der Waals surface area contributed by atoms with Crippen molar-refractivity contribution in [3.8, 4) is 0 Å². The van der Waals surface area contributed by atoms with Crippen molar-refractivity contribution in [2.75, 3.05) is 0 Å². The molecule has 1 N–H and O–H groups in total. The molecule has 1 saturated carbocycles. The highest BCUT2D eigenvalue weighted by atomic mass is 16.1. The standard InChI is InChI=1S/C24H30N4O/c1-15-9-8-12-22(16(15)2)27-24(29)21-14-25-28-18(4)20(17(3)26-23(21)28)13-19-10-6-5-7-11-19/h5-7,10-11,14-16,22H,8-9,12-13H2,1-4H3,(H,27,29). The SMILES string of the molecule is Cc1nc2c(C(=O)NC3CCCC(C)C3C)cnn2c(C)c1Cc1ccccc1. The second-order valence-electron chi connectivity index (χ2n) is 8.56. The van der Waals surface area contributed by atoms with Crippen molar-refractivity contribution in [2.24, 2.45) is 11.8 Å². The average Bonchev–Trinajstić information content (AvgIpc) is 3.13. The quantitative estimate of drug-likeness (QED) is 0.714. The highest BCUT2D eigenvalue weighted by Gasteiger charge is 2.29. The summed E-state index contributed by atoms with van der Waals surface area (Å²) < 4.78 is 1.81. The largest absolute Gasteiger partial charge is 0.349 e. The summed E-state index contributed by atoms with van der Waals surface area (Å²) in [5.74, 6) is 1.07. The first-order valence-electron chi connectivity index (χ1n) is 10.6. The van der Waals surface area contributed by atoms with Crippen LogP contribution < -0.4 is 5.32 Å². The predicted molar refractivity (Wildman–Crippen MR) is 115 cm³/mol. The van der Waals surface area contributed by atoms with Gasteiger partial charge in [0.05, 0.1) is 6.20 Å². The fraction of sp³-hybridized carbons (Fsp3) is 0.458. The van der Waals surface area contributed by atoms with Gasteiger partial charge >= 0.3 is 0 Å². The van der Waals surface area contributed by atoms with Gasteiger partial charge in [0.15, 0.2) is 5.65 Å². The summed E-state index contributed by atoms with van der Waals surface area (Å²) in [6, 6.07) is 10.6. The molecule has 1 aliphatic rings. The molecule has 152 valence electrons. The summed E-state index contributed by atoms with van der Waals surface area (Å²) in [5.41, 5.74) is 5.60. The lowest BCUT2D eigenvalue weighted by Crippen LogP contribution is -2.43. The molecule has 3 atom stereocenters. The van der Waals surface area contributed by atoms with Crippen LogP contribution in [0.2, 0.25) is 0 Å². The maximum Gasteiger partial charge on any atom is 0.256 e. The van der Waals surface area contributed by atoms with Crippen LogP contribution in [-0.4, -0.2) is 26.5 Å². The van der Waals surface area contributed by atoms with E-state index in [1.54, 1.807) is 6.20 Å². The van der Waals surface area contributed by atoms with Gasteiger partial charge in [0, 0.05) is 23.9 Å². The van der Waals surface area contributed by atoms with Crippen molar-refractivity contribution >= 4 is 11.6 Å². The summed E-state index contributed by atoms with van der Waals surface area (Å²) >= 11 is 0. The van der Waals surface area contributed by atoms with E-state index in [0.29, 0.717) is 23.0 Å². The Bertz CT molecular complexity index is 1020. The van der Waals surface area contributed by atoms with Gasteiger partial charge in [-0.3, -0.25) is 4.79 Å². The number of amides is 1. The number of benzene rings is 1. The third-order valence-corrected chi connectivity index (χ3v) is 6.70. The van der Waals surface area contributed by atoms with Gasteiger partial charge in [0.2, 0.25) is 0 Å². The first-order chi connectivity index (χ1) is 14.0. The number of aromatic nitrogens is 3. The van der Waals surface area contributed by atoms with Gasteiger partial charge in [0.25, 0.3) is 5.91 Å². The minimum atomic E-state index is -0.0620. The molecule has 1 fully saturated rings. The number of fused-ring (bicyclic) bond motifs is 1. The lowest BCUT2D eigenvalue weighted by atomic mass is 9.78. The van der Waals surface area contributed by atoms with Gasteiger partial charge in [-0.25, -0.2) is 9.50 Å². The second-order valence-corrected chi connectivity index (χ2v) is 8.56. The molecule has 0 saturated heterocycles. The molecule has 1 aliphatic carbocycles. The summed E-state index contributed by atoms with van der Waals surface area (Å²) in [6.45, 7) is 8.60. The topological polar surface area (TPSA) is 59.3 Å². The Kier molecular flexibility index (Phi) is 5.39. The van der Waals surface area contributed by atoms with Gasteiger partial charge in [0.1, 0.15) is 5.56 Å². The van der Waals surface area contributed by atoms with E-state index in [0.717, 1.165) is 29.8 Å². The van der Waals surface area contributed by atoms with Crippen LogP contribution in [0.1, 0.15) is 66.0 Å². The van der Waals surface area contributed by atoms with Crippen LogP contribution in [-0.2, 0) is 6.42 Å². The molecule has 5 heteroatoms. The normalized spacial score (nSPS) is 22.0. The number of nitrogens with zero attached hydrogens (tertiary/aromatic N) is 3. The van der Waals surface area contributed by atoms with E-state index in [4.69, 9.17) is 4.98 Å². The summed E-state index contributed by atoms with van der Waals surface area (Å²) in [4.78, 5) is 17.8. The van der Waals surface area contributed by atoms with Crippen molar-refractivity contribution in [2.45, 2.75) is 59.4 Å². The molecule has 0 bridgehead atoms. The summed E-state index contributed by atoms with van der Waals surface area (Å²) in [7, 11) is 0. The van der Waals surface area contributed by atoms with Crippen LogP contribution in [0.25, 0.3) is 5.65 Å². The molecule has 5 nitrogen and oxygen atoms in total. The fourth-order valence-electron chi connectivity index (χ4n) is 4.56. The molecule has 2 aromatic heterocycles. The van der Waals surface area contributed by atoms with Crippen molar-refractivity contribution in [3.63, 3.8) is 0 Å². The van der Waals surface area contributed by atoms with Gasteiger partial charge in [-0.1, -0.05) is 57.0 Å². The second kappa shape index (κ2) is 7.97. The van der Waals surface area contributed by atoms with Crippen LogP contribution in [0.4, 0.5) is 0 Å². The molecule has 0 radical (unpaired) electrons. The number of hydrogen-bond acceptors (Lipinski definition) is 3. The Morgan fingerprint density at radius 3 is 2.69 bits per heavy atom. The number of carbonyl (C=O) groups is 1. The van der Waals surface area contributed by atoms with Crippen molar-refractivity contribution < 1.29 is 4.79 Å². The first kappa shape index (κ1) is 19.6. The number of aryl methyl sites for hydroxylation is 2. The van der Waals surface area contributed by atoms with Crippen LogP contribution in [0, 0.1) is 25.7 Å². The van der Waals surface area contributed by atoms with Crippen LogP contribution >= 0.6 is 0 Å². The maximum absolute atomic E-state index is 13.0. The van der Waals surface area contributed by atoms with E-state index in [1.165, 1.54) is 18.4 Å². The van der Waals surface area contributed by atoms with E-state index in [1.807, 2.05) is 17.5 Å². The number of hydrogen-bond donors (Lipinski definition) is 1. The number of rotatable bonds is 4. The van der Waals surface area contributed by atoms with Crippen LogP contribution in [0.15, 0.2) is 36.5 Å². The molecule has 0 aliphatic heterocycles. The van der Waals surface area contributed by atoms with E-state index in [-0.39, 0.29) is 11.9 Å². The smallest absolute Gasteiger partial charge is 0.256 e. The van der Waals surface area contributed by atoms with Gasteiger partial charge < -0.3 is 5.32 Å². The Hall–Kier alpha value is -2.69.